The number of hydrazine groups is 1. The number of pyridine rings is 1. The number of nitrogens with two attached hydrogens (primary N) is 1. The molecule has 0 aliphatic heterocycles. The molecule has 0 saturated carbocycles. The summed E-state index contributed by atoms with van der Waals surface area (Å²) < 4.78 is 5.17. The largest absolute Gasteiger partial charge is 0.497 e. The van der Waals surface area contributed by atoms with Crippen LogP contribution in [0.4, 0.5) is 11.6 Å². The van der Waals surface area contributed by atoms with Crippen molar-refractivity contribution in [3.63, 3.8) is 0 Å². The summed E-state index contributed by atoms with van der Waals surface area (Å²) in [6.07, 6.45) is 0. The van der Waals surface area contributed by atoms with Gasteiger partial charge in [-0.1, -0.05) is 18.2 Å². The van der Waals surface area contributed by atoms with Crippen molar-refractivity contribution >= 4 is 11.6 Å². The van der Waals surface area contributed by atoms with Gasteiger partial charge in [-0.3, -0.25) is 0 Å². The predicted octanol–water partition coefficient (Wildman–Crippen LogP) is 1.99. The van der Waals surface area contributed by atoms with Crippen molar-refractivity contribution in [1.82, 2.24) is 4.98 Å². The lowest BCUT2D eigenvalue weighted by Gasteiger charge is -2.08. The average Bonchev–Trinajstić information content (AvgIpc) is 2.45. The first-order valence-corrected chi connectivity index (χ1v) is 5.62. The van der Waals surface area contributed by atoms with E-state index in [0.29, 0.717) is 12.4 Å². The number of methoxy groups -OCH3 is 1. The van der Waals surface area contributed by atoms with Crippen molar-refractivity contribution in [2.45, 2.75) is 6.54 Å². The fourth-order valence-corrected chi connectivity index (χ4v) is 1.59. The second-order valence-electron chi connectivity index (χ2n) is 3.76. The Labute approximate surface area is 106 Å². The summed E-state index contributed by atoms with van der Waals surface area (Å²) in [5.41, 5.74) is 3.64. The van der Waals surface area contributed by atoms with Crippen molar-refractivity contribution in [3.8, 4) is 5.75 Å². The van der Waals surface area contributed by atoms with Crippen LogP contribution in [0.2, 0.25) is 0 Å². The van der Waals surface area contributed by atoms with Gasteiger partial charge in [0.1, 0.15) is 17.4 Å². The molecule has 18 heavy (non-hydrogen) atoms. The van der Waals surface area contributed by atoms with Gasteiger partial charge in [0.05, 0.1) is 7.11 Å². The molecule has 5 heteroatoms. The van der Waals surface area contributed by atoms with Crippen LogP contribution in [0, 0.1) is 0 Å². The van der Waals surface area contributed by atoms with E-state index in [4.69, 9.17) is 10.6 Å². The fourth-order valence-electron chi connectivity index (χ4n) is 1.59. The number of anilines is 2. The van der Waals surface area contributed by atoms with Gasteiger partial charge in [0.2, 0.25) is 0 Å². The third kappa shape index (κ3) is 3.11. The van der Waals surface area contributed by atoms with Crippen LogP contribution in [0.5, 0.6) is 5.75 Å². The molecule has 0 aliphatic rings. The summed E-state index contributed by atoms with van der Waals surface area (Å²) in [5, 5.41) is 3.22. The van der Waals surface area contributed by atoms with Crippen molar-refractivity contribution in [1.29, 1.82) is 0 Å². The van der Waals surface area contributed by atoms with Crippen LogP contribution in [0.1, 0.15) is 5.56 Å². The molecular weight excluding hydrogens is 228 g/mol. The van der Waals surface area contributed by atoms with Crippen molar-refractivity contribution in [2.75, 3.05) is 17.9 Å². The number of nitrogens with zero attached hydrogens (tertiary/aromatic N) is 1. The third-order valence-corrected chi connectivity index (χ3v) is 2.50. The smallest absolute Gasteiger partial charge is 0.142 e. The second kappa shape index (κ2) is 5.88. The van der Waals surface area contributed by atoms with Crippen LogP contribution in [0.25, 0.3) is 0 Å². The van der Waals surface area contributed by atoms with E-state index in [2.05, 4.69) is 15.7 Å². The third-order valence-electron chi connectivity index (χ3n) is 2.50. The molecule has 0 amide bonds. The zero-order chi connectivity index (χ0) is 12.8. The summed E-state index contributed by atoms with van der Waals surface area (Å²) in [5.74, 6) is 7.56. The topological polar surface area (TPSA) is 72.2 Å². The molecule has 4 N–H and O–H groups in total. The number of hydrogen-bond donors (Lipinski definition) is 3. The lowest BCUT2D eigenvalue weighted by atomic mass is 10.2. The van der Waals surface area contributed by atoms with E-state index < -0.39 is 0 Å². The molecule has 94 valence electrons. The average molecular weight is 244 g/mol. The van der Waals surface area contributed by atoms with Gasteiger partial charge in [0.25, 0.3) is 0 Å². The van der Waals surface area contributed by atoms with Crippen LogP contribution in [0.15, 0.2) is 42.5 Å². The molecule has 0 fully saturated rings. The number of nitrogen functional groups attached to an aromatic ring is 1. The number of ether oxygens (including phenoxy) is 1. The normalized spacial score (nSPS) is 9.89. The first-order valence-electron chi connectivity index (χ1n) is 5.62. The highest BCUT2D eigenvalue weighted by Crippen LogP contribution is 2.14. The first-order chi connectivity index (χ1) is 8.81. The van der Waals surface area contributed by atoms with Crippen molar-refractivity contribution in [2.24, 2.45) is 5.84 Å². The Morgan fingerprint density at radius 1 is 1.17 bits per heavy atom. The number of nitrogens with one attached hydrogen (secondary N) is 2. The molecule has 0 unspecified atom stereocenters. The number of hydrogen-bond acceptors (Lipinski definition) is 5. The van der Waals surface area contributed by atoms with Gasteiger partial charge in [0, 0.05) is 6.54 Å². The summed E-state index contributed by atoms with van der Waals surface area (Å²) >= 11 is 0. The van der Waals surface area contributed by atoms with Crippen molar-refractivity contribution < 1.29 is 4.74 Å². The zero-order valence-corrected chi connectivity index (χ0v) is 10.2. The molecular formula is C13H16N4O. The molecule has 1 aromatic carbocycles. The molecule has 0 bridgehead atoms. The van der Waals surface area contributed by atoms with E-state index in [1.54, 1.807) is 13.2 Å². The monoisotopic (exact) mass is 244 g/mol. The van der Waals surface area contributed by atoms with E-state index in [1.165, 1.54) is 0 Å². The molecule has 0 saturated heterocycles. The van der Waals surface area contributed by atoms with E-state index in [9.17, 15) is 0 Å². The van der Waals surface area contributed by atoms with Gasteiger partial charge in [-0.15, -0.1) is 0 Å². The highest BCUT2D eigenvalue weighted by atomic mass is 16.5. The SMILES string of the molecule is COc1cccc(CNc2cccc(NN)n2)c1. The number of aromatic nitrogens is 1. The minimum absolute atomic E-state index is 0.630. The molecule has 0 aliphatic carbocycles. The number of rotatable bonds is 5. The highest BCUT2D eigenvalue weighted by Gasteiger charge is 1.98. The lowest BCUT2D eigenvalue weighted by molar-refractivity contribution is 0.414. The number of benzene rings is 1. The Morgan fingerprint density at radius 2 is 1.94 bits per heavy atom. The minimum atomic E-state index is 0.630. The Morgan fingerprint density at radius 3 is 2.72 bits per heavy atom. The van der Waals surface area contributed by atoms with Crippen molar-refractivity contribution in [3.05, 3.63) is 48.0 Å². The minimum Gasteiger partial charge on any atom is -0.497 e. The summed E-state index contributed by atoms with van der Waals surface area (Å²) in [6, 6.07) is 13.5. The molecule has 0 atom stereocenters. The molecule has 2 aromatic rings. The van der Waals surface area contributed by atoms with Gasteiger partial charge < -0.3 is 15.5 Å². The van der Waals surface area contributed by atoms with Gasteiger partial charge in [-0.05, 0) is 29.8 Å². The quantitative estimate of drug-likeness (QED) is 0.554. The van der Waals surface area contributed by atoms with E-state index in [-0.39, 0.29) is 0 Å². The highest BCUT2D eigenvalue weighted by molar-refractivity contribution is 5.45. The predicted molar refractivity (Wildman–Crippen MR) is 72.4 cm³/mol. The van der Waals surface area contributed by atoms with Crippen LogP contribution in [-0.2, 0) is 6.54 Å². The van der Waals surface area contributed by atoms with Gasteiger partial charge in [-0.25, -0.2) is 10.8 Å². The summed E-state index contributed by atoms with van der Waals surface area (Å²) in [6.45, 7) is 0.679. The summed E-state index contributed by atoms with van der Waals surface area (Å²) in [4.78, 5) is 4.27. The second-order valence-corrected chi connectivity index (χ2v) is 3.76. The van der Waals surface area contributed by atoms with Crippen LogP contribution in [0.3, 0.4) is 0 Å². The molecule has 1 heterocycles. The standard InChI is InChI=1S/C13H16N4O/c1-18-11-5-2-4-10(8-11)9-15-12-6-3-7-13(16-12)17-14/h2-8H,9,14H2,1H3,(H2,15,16,17). The van der Waals surface area contributed by atoms with Crippen LogP contribution < -0.4 is 21.3 Å². The zero-order valence-electron chi connectivity index (χ0n) is 10.2. The summed E-state index contributed by atoms with van der Waals surface area (Å²) in [7, 11) is 1.66. The van der Waals surface area contributed by atoms with E-state index in [1.807, 2.05) is 36.4 Å². The molecule has 5 nitrogen and oxygen atoms in total. The van der Waals surface area contributed by atoms with Gasteiger partial charge >= 0.3 is 0 Å². The van der Waals surface area contributed by atoms with Crippen LogP contribution >= 0.6 is 0 Å². The molecule has 0 radical (unpaired) electrons. The Kier molecular flexibility index (Phi) is 3.98. The first kappa shape index (κ1) is 12.2. The molecule has 1 aromatic heterocycles. The molecule has 2 rings (SSSR count). The van der Waals surface area contributed by atoms with Gasteiger partial charge in [-0.2, -0.15) is 0 Å². The van der Waals surface area contributed by atoms with E-state index >= 15 is 0 Å². The van der Waals surface area contributed by atoms with Gasteiger partial charge in [0.15, 0.2) is 0 Å². The Hall–Kier alpha value is -2.27. The maximum Gasteiger partial charge on any atom is 0.142 e. The fraction of sp³-hybridized carbons (Fsp3) is 0.154. The molecule has 0 spiro atoms. The maximum atomic E-state index is 5.31. The van der Waals surface area contributed by atoms with Crippen LogP contribution in [-0.4, -0.2) is 12.1 Å². The Bertz CT molecular complexity index is 468. The van der Waals surface area contributed by atoms with E-state index in [0.717, 1.165) is 17.1 Å². The maximum absolute atomic E-state index is 5.31. The Balaban J connectivity index is 2.01. The lowest BCUT2D eigenvalue weighted by Crippen LogP contribution is -2.09.